The van der Waals surface area contributed by atoms with Gasteiger partial charge in [0.1, 0.15) is 35.3 Å². The average Bonchev–Trinajstić information content (AvgIpc) is 3.36. The van der Waals surface area contributed by atoms with E-state index >= 15 is 0 Å². The van der Waals surface area contributed by atoms with Crippen LogP contribution in [0.25, 0.3) is 0 Å². The Kier molecular flexibility index (Phi) is 6.81. The summed E-state index contributed by atoms with van der Waals surface area (Å²) in [7, 11) is 7.71. The van der Waals surface area contributed by atoms with Gasteiger partial charge < -0.3 is 54.2 Å². The molecule has 5 N–H and O–H groups in total. The second kappa shape index (κ2) is 9.81. The summed E-state index contributed by atoms with van der Waals surface area (Å²) in [6, 6.07) is 6.06. The minimum Gasteiger partial charge on any atom is -0.497 e. The standard InChI is InChI=1S/C31H43NO11/c1-38-13-28-12-32-23-20-21(41-4)22(28)30(23,18(40-3)10-17(28)33)16-11-29(36)25(19(16)31(20,37)24(34)26(29)42-5)43-27(35)14-6-8-15(39-2)9-7-14/h6-9,16-26,32-34,36-37H,10-13H2,1-5H3/t16-,17-,18+,19-,20+,21+,22-,23?,24+,25-,26+,28+,29-,30+,31-/m1/s1. The van der Waals surface area contributed by atoms with Crippen molar-refractivity contribution in [3.05, 3.63) is 29.8 Å². The van der Waals surface area contributed by atoms with Gasteiger partial charge in [-0.25, -0.2) is 4.79 Å². The van der Waals surface area contributed by atoms with Crippen LogP contribution in [0.2, 0.25) is 0 Å². The van der Waals surface area contributed by atoms with Crippen molar-refractivity contribution in [1.82, 2.24) is 5.32 Å². The lowest BCUT2D eigenvalue weighted by atomic mass is 9.43. The summed E-state index contributed by atoms with van der Waals surface area (Å²) < 4.78 is 35.3. The number of benzene rings is 1. The van der Waals surface area contributed by atoms with Crippen LogP contribution in [0.4, 0.5) is 0 Å². The van der Waals surface area contributed by atoms with Crippen LogP contribution in [0.5, 0.6) is 5.75 Å². The van der Waals surface area contributed by atoms with E-state index in [1.807, 2.05) is 0 Å². The lowest BCUT2D eigenvalue weighted by Gasteiger charge is -2.68. The quantitative estimate of drug-likeness (QED) is 0.238. The fourth-order valence-corrected chi connectivity index (χ4v) is 11.4. The van der Waals surface area contributed by atoms with Crippen molar-refractivity contribution < 1.29 is 53.6 Å². The van der Waals surface area contributed by atoms with Crippen molar-refractivity contribution in [2.75, 3.05) is 48.7 Å². The number of ether oxygens (including phenoxy) is 6. The van der Waals surface area contributed by atoms with Gasteiger partial charge in [0, 0.05) is 76.0 Å². The second-order valence-electron chi connectivity index (χ2n) is 13.6. The number of hydrogen-bond acceptors (Lipinski definition) is 12. The number of carbonyl (C=O) groups is 1. The van der Waals surface area contributed by atoms with E-state index in [-0.39, 0.29) is 30.6 Å². The monoisotopic (exact) mass is 605 g/mol. The molecule has 6 fully saturated rings. The van der Waals surface area contributed by atoms with Crippen LogP contribution in [0, 0.1) is 34.5 Å². The minimum atomic E-state index is -1.88. The SMILES string of the molecule is COC[C@]12CNC3[C@@H]4[C@H](OC)[C@H]1[C@@]3([C@@H](OC)C[C@H]2O)[C@@H]1C[C@@]2(O)[C@H](OC(=O)c3ccc(OC)cc3)[C@@H]1[C@]4(O)[C@@H](O)[C@@H]2OC. The third-order valence-electron chi connectivity index (χ3n) is 12.6. The number of aliphatic hydroxyl groups excluding tert-OH is 2. The molecule has 1 spiro atoms. The van der Waals surface area contributed by atoms with Gasteiger partial charge in [-0.05, 0) is 36.6 Å². The fourth-order valence-electron chi connectivity index (χ4n) is 11.4. The van der Waals surface area contributed by atoms with Crippen molar-refractivity contribution in [1.29, 1.82) is 0 Å². The fraction of sp³-hybridized carbons (Fsp3) is 0.774. The van der Waals surface area contributed by atoms with Gasteiger partial charge in [-0.15, -0.1) is 0 Å². The maximum atomic E-state index is 13.6. The zero-order valence-corrected chi connectivity index (χ0v) is 25.1. The van der Waals surface area contributed by atoms with Crippen LogP contribution in [0.15, 0.2) is 24.3 Å². The Morgan fingerprint density at radius 1 is 0.977 bits per heavy atom. The van der Waals surface area contributed by atoms with E-state index in [0.717, 1.165) is 0 Å². The van der Waals surface area contributed by atoms with Crippen molar-refractivity contribution in [2.24, 2.45) is 34.5 Å². The second-order valence-corrected chi connectivity index (χ2v) is 13.6. The molecule has 5 aliphatic carbocycles. The smallest absolute Gasteiger partial charge is 0.338 e. The van der Waals surface area contributed by atoms with Gasteiger partial charge >= 0.3 is 5.97 Å². The molecule has 0 radical (unpaired) electrons. The zero-order valence-electron chi connectivity index (χ0n) is 25.1. The highest BCUT2D eigenvalue weighted by Crippen LogP contribution is 2.78. The van der Waals surface area contributed by atoms with E-state index in [2.05, 4.69) is 5.32 Å². The first-order valence-electron chi connectivity index (χ1n) is 15.0. The van der Waals surface area contributed by atoms with Crippen molar-refractivity contribution >= 4 is 5.97 Å². The molecular formula is C31H43NO11. The van der Waals surface area contributed by atoms with E-state index in [0.29, 0.717) is 18.7 Å². The van der Waals surface area contributed by atoms with Crippen molar-refractivity contribution in [3.8, 4) is 5.75 Å². The highest BCUT2D eigenvalue weighted by atomic mass is 16.6. The molecule has 12 heteroatoms. The lowest BCUT2D eigenvalue weighted by molar-refractivity contribution is -0.307. The molecular weight excluding hydrogens is 562 g/mol. The summed E-state index contributed by atoms with van der Waals surface area (Å²) in [5.41, 5.74) is -4.99. The highest BCUT2D eigenvalue weighted by Gasteiger charge is 2.90. The molecule has 1 unspecified atom stereocenters. The molecule has 7 bridgehead atoms. The Hall–Kier alpha value is -1.87. The predicted molar refractivity (Wildman–Crippen MR) is 148 cm³/mol. The van der Waals surface area contributed by atoms with Gasteiger partial charge in [0.25, 0.3) is 0 Å². The number of esters is 1. The Balaban J connectivity index is 1.41. The molecule has 1 heterocycles. The van der Waals surface area contributed by atoms with E-state index in [9.17, 15) is 25.2 Å². The van der Waals surface area contributed by atoms with Gasteiger partial charge in [-0.2, -0.15) is 0 Å². The Morgan fingerprint density at radius 2 is 1.70 bits per heavy atom. The van der Waals surface area contributed by atoms with Gasteiger partial charge in [-0.3, -0.25) is 0 Å². The molecule has 12 nitrogen and oxygen atoms in total. The van der Waals surface area contributed by atoms with Crippen LogP contribution in [0.3, 0.4) is 0 Å². The van der Waals surface area contributed by atoms with Crippen LogP contribution < -0.4 is 10.1 Å². The van der Waals surface area contributed by atoms with E-state index in [1.54, 1.807) is 45.6 Å². The molecule has 5 saturated carbocycles. The van der Waals surface area contributed by atoms with E-state index < -0.39 is 82.4 Å². The summed E-state index contributed by atoms with van der Waals surface area (Å²) >= 11 is 0. The molecule has 1 aliphatic heterocycles. The molecule has 43 heavy (non-hydrogen) atoms. The molecule has 0 aromatic heterocycles. The number of methoxy groups -OCH3 is 5. The summed E-state index contributed by atoms with van der Waals surface area (Å²) in [4.78, 5) is 13.6. The molecule has 1 aromatic carbocycles. The van der Waals surface area contributed by atoms with Gasteiger partial charge in [0.15, 0.2) is 0 Å². The molecule has 15 atom stereocenters. The maximum Gasteiger partial charge on any atom is 0.338 e. The maximum absolute atomic E-state index is 13.6. The van der Waals surface area contributed by atoms with Crippen LogP contribution in [-0.4, -0.2) is 129 Å². The molecule has 7 rings (SSSR count). The third kappa shape index (κ3) is 3.29. The first kappa shape index (κ1) is 29.8. The Morgan fingerprint density at radius 3 is 2.30 bits per heavy atom. The summed E-state index contributed by atoms with van der Waals surface area (Å²) in [5, 5.41) is 52.8. The molecule has 0 amide bonds. The summed E-state index contributed by atoms with van der Waals surface area (Å²) in [6.07, 6.45) is -5.47. The first-order valence-corrected chi connectivity index (χ1v) is 15.0. The highest BCUT2D eigenvalue weighted by molar-refractivity contribution is 5.89. The van der Waals surface area contributed by atoms with Crippen molar-refractivity contribution in [2.45, 2.75) is 66.7 Å². The number of rotatable bonds is 8. The van der Waals surface area contributed by atoms with Gasteiger partial charge in [0.05, 0.1) is 37.6 Å². The molecule has 1 aromatic rings. The summed E-state index contributed by atoms with van der Waals surface area (Å²) in [6.45, 7) is 0.659. The molecule has 6 aliphatic rings. The van der Waals surface area contributed by atoms with E-state index in [4.69, 9.17) is 28.4 Å². The topological polar surface area (TPSA) is 165 Å². The van der Waals surface area contributed by atoms with Crippen LogP contribution in [0.1, 0.15) is 23.2 Å². The zero-order chi connectivity index (χ0) is 30.7. The van der Waals surface area contributed by atoms with Crippen LogP contribution >= 0.6 is 0 Å². The largest absolute Gasteiger partial charge is 0.497 e. The minimum absolute atomic E-state index is 0.0763. The number of aliphatic hydroxyl groups is 4. The lowest BCUT2D eigenvalue weighted by Crippen LogP contribution is -2.80. The van der Waals surface area contributed by atoms with E-state index in [1.165, 1.54) is 14.2 Å². The van der Waals surface area contributed by atoms with Crippen molar-refractivity contribution in [3.63, 3.8) is 0 Å². The van der Waals surface area contributed by atoms with Gasteiger partial charge in [-0.1, -0.05) is 0 Å². The number of fused-ring (bicyclic) bond motifs is 2. The number of nitrogens with one attached hydrogen (secondary N) is 1. The molecule has 1 saturated heterocycles. The summed E-state index contributed by atoms with van der Waals surface area (Å²) in [5.74, 6) is -2.54. The first-order chi connectivity index (χ1) is 20.6. The predicted octanol–water partition coefficient (Wildman–Crippen LogP) is -0.646. The number of carbonyl (C=O) groups excluding carboxylic acids is 1. The van der Waals surface area contributed by atoms with Crippen LogP contribution in [-0.2, 0) is 23.7 Å². The normalized spacial score (nSPS) is 52.2. The number of hydrogen-bond donors (Lipinski definition) is 5. The number of piperidine rings is 1. The Labute approximate surface area is 250 Å². The molecule has 238 valence electrons. The third-order valence-corrected chi connectivity index (χ3v) is 12.6. The Bertz CT molecular complexity index is 1260. The van der Waals surface area contributed by atoms with Gasteiger partial charge in [0.2, 0.25) is 0 Å². The average molecular weight is 606 g/mol.